The van der Waals surface area contributed by atoms with Gasteiger partial charge in [0, 0.05) is 0 Å². The molecule has 0 aliphatic rings. The molecule has 0 radical (unpaired) electrons. The summed E-state index contributed by atoms with van der Waals surface area (Å²) >= 11 is 0. The first kappa shape index (κ1) is 19.6. The SMILES string of the molecule is CCCOc1ccc(Oc2ccc(Oc3ccc(OCCC)cc3)cc2)cc1. The lowest BCUT2D eigenvalue weighted by Gasteiger charge is -2.10. The van der Waals surface area contributed by atoms with Crippen molar-refractivity contribution >= 4 is 0 Å². The van der Waals surface area contributed by atoms with E-state index < -0.39 is 0 Å². The van der Waals surface area contributed by atoms with E-state index in [2.05, 4.69) is 13.8 Å². The molecule has 4 nitrogen and oxygen atoms in total. The van der Waals surface area contributed by atoms with Crippen molar-refractivity contribution < 1.29 is 18.9 Å². The van der Waals surface area contributed by atoms with Gasteiger partial charge < -0.3 is 18.9 Å². The van der Waals surface area contributed by atoms with Crippen LogP contribution in [-0.2, 0) is 0 Å². The summed E-state index contributed by atoms with van der Waals surface area (Å²) in [6.07, 6.45) is 1.98. The smallest absolute Gasteiger partial charge is 0.127 e. The molecule has 0 aromatic heterocycles. The standard InChI is InChI=1S/C24H26O4/c1-3-17-25-19-5-9-21(10-6-19)27-23-13-15-24(16-14-23)28-22-11-7-20(8-12-22)26-18-4-2/h5-16H,3-4,17-18H2,1-2H3. The minimum atomic E-state index is 0.718. The number of hydrogen-bond donors (Lipinski definition) is 0. The Labute approximate surface area is 166 Å². The lowest BCUT2D eigenvalue weighted by atomic mass is 10.3. The second-order valence-electron chi connectivity index (χ2n) is 6.32. The Bertz CT molecular complexity index is 751. The Morgan fingerprint density at radius 3 is 0.929 bits per heavy atom. The van der Waals surface area contributed by atoms with E-state index in [1.807, 2.05) is 72.8 Å². The first-order valence-corrected chi connectivity index (χ1v) is 9.68. The highest BCUT2D eigenvalue weighted by molar-refractivity contribution is 5.40. The molecule has 0 atom stereocenters. The normalized spacial score (nSPS) is 10.4. The molecule has 146 valence electrons. The quantitative estimate of drug-likeness (QED) is 0.387. The minimum absolute atomic E-state index is 0.718. The summed E-state index contributed by atoms with van der Waals surface area (Å²) in [7, 11) is 0. The number of hydrogen-bond acceptors (Lipinski definition) is 4. The van der Waals surface area contributed by atoms with E-state index in [4.69, 9.17) is 18.9 Å². The van der Waals surface area contributed by atoms with Crippen LogP contribution in [0.2, 0.25) is 0 Å². The Morgan fingerprint density at radius 1 is 0.429 bits per heavy atom. The van der Waals surface area contributed by atoms with Gasteiger partial charge in [-0.05, 0) is 85.6 Å². The third-order valence-corrected chi connectivity index (χ3v) is 3.89. The number of benzene rings is 3. The highest BCUT2D eigenvalue weighted by atomic mass is 16.5. The van der Waals surface area contributed by atoms with E-state index in [0.29, 0.717) is 0 Å². The maximum Gasteiger partial charge on any atom is 0.127 e. The summed E-state index contributed by atoms with van der Waals surface area (Å²) in [5, 5.41) is 0. The molecule has 0 bridgehead atoms. The van der Waals surface area contributed by atoms with Gasteiger partial charge in [0.1, 0.15) is 34.5 Å². The molecular weight excluding hydrogens is 352 g/mol. The molecule has 0 unspecified atom stereocenters. The Hall–Kier alpha value is -3.14. The number of rotatable bonds is 10. The Morgan fingerprint density at radius 2 is 0.679 bits per heavy atom. The highest BCUT2D eigenvalue weighted by Gasteiger charge is 2.02. The fourth-order valence-electron chi connectivity index (χ4n) is 2.50. The van der Waals surface area contributed by atoms with Crippen molar-refractivity contribution in [1.29, 1.82) is 0 Å². The van der Waals surface area contributed by atoms with E-state index in [0.717, 1.165) is 60.6 Å². The van der Waals surface area contributed by atoms with Crippen LogP contribution < -0.4 is 18.9 Å². The van der Waals surface area contributed by atoms with Crippen molar-refractivity contribution in [2.24, 2.45) is 0 Å². The summed E-state index contributed by atoms with van der Waals surface area (Å²) in [4.78, 5) is 0. The van der Waals surface area contributed by atoms with Crippen LogP contribution in [0.3, 0.4) is 0 Å². The fraction of sp³-hybridized carbons (Fsp3) is 0.250. The zero-order chi connectivity index (χ0) is 19.6. The summed E-state index contributed by atoms with van der Waals surface area (Å²) < 4.78 is 22.9. The lowest BCUT2D eigenvalue weighted by Crippen LogP contribution is -1.94. The van der Waals surface area contributed by atoms with Gasteiger partial charge >= 0.3 is 0 Å². The van der Waals surface area contributed by atoms with Crippen molar-refractivity contribution in [1.82, 2.24) is 0 Å². The van der Waals surface area contributed by atoms with E-state index in [9.17, 15) is 0 Å². The van der Waals surface area contributed by atoms with Gasteiger partial charge in [-0.1, -0.05) is 13.8 Å². The van der Waals surface area contributed by atoms with E-state index >= 15 is 0 Å². The van der Waals surface area contributed by atoms with Gasteiger partial charge in [0.15, 0.2) is 0 Å². The average Bonchev–Trinajstić information content (AvgIpc) is 2.74. The average molecular weight is 378 g/mol. The largest absolute Gasteiger partial charge is 0.494 e. The molecule has 3 aromatic carbocycles. The van der Waals surface area contributed by atoms with Crippen LogP contribution in [0.15, 0.2) is 72.8 Å². The highest BCUT2D eigenvalue weighted by Crippen LogP contribution is 2.28. The molecule has 0 saturated carbocycles. The summed E-state index contributed by atoms with van der Waals surface area (Å²) in [6.45, 7) is 5.61. The van der Waals surface area contributed by atoms with Gasteiger partial charge in [0.25, 0.3) is 0 Å². The van der Waals surface area contributed by atoms with Gasteiger partial charge in [0.05, 0.1) is 13.2 Å². The topological polar surface area (TPSA) is 36.9 Å². The molecule has 0 spiro atoms. The van der Waals surface area contributed by atoms with Crippen LogP contribution in [0.4, 0.5) is 0 Å². The molecule has 0 heterocycles. The van der Waals surface area contributed by atoms with Crippen molar-refractivity contribution in [3.05, 3.63) is 72.8 Å². The molecule has 0 aliphatic heterocycles. The second kappa shape index (κ2) is 10.3. The van der Waals surface area contributed by atoms with Gasteiger partial charge in [-0.25, -0.2) is 0 Å². The third kappa shape index (κ3) is 5.95. The van der Waals surface area contributed by atoms with Gasteiger partial charge in [0.2, 0.25) is 0 Å². The molecule has 3 aromatic rings. The first-order valence-electron chi connectivity index (χ1n) is 9.68. The lowest BCUT2D eigenvalue weighted by molar-refractivity contribution is 0.317. The number of ether oxygens (including phenoxy) is 4. The maximum absolute atomic E-state index is 5.87. The zero-order valence-electron chi connectivity index (χ0n) is 16.4. The molecule has 28 heavy (non-hydrogen) atoms. The monoisotopic (exact) mass is 378 g/mol. The van der Waals surface area contributed by atoms with Gasteiger partial charge in [-0.15, -0.1) is 0 Å². The van der Waals surface area contributed by atoms with Gasteiger partial charge in [-0.2, -0.15) is 0 Å². The van der Waals surface area contributed by atoms with Crippen LogP contribution in [-0.4, -0.2) is 13.2 Å². The molecule has 0 N–H and O–H groups in total. The van der Waals surface area contributed by atoms with E-state index in [1.165, 1.54) is 0 Å². The molecule has 0 fully saturated rings. The van der Waals surface area contributed by atoms with Crippen molar-refractivity contribution in [2.45, 2.75) is 26.7 Å². The summed E-state index contributed by atoms with van der Waals surface area (Å²) in [5.74, 6) is 4.73. The first-order chi connectivity index (χ1) is 13.8. The molecule has 0 aliphatic carbocycles. The predicted octanol–water partition coefficient (Wildman–Crippen LogP) is 6.85. The van der Waals surface area contributed by atoms with Crippen LogP contribution in [0.5, 0.6) is 34.5 Å². The molecule has 3 rings (SSSR count). The fourth-order valence-corrected chi connectivity index (χ4v) is 2.50. The molecule has 0 amide bonds. The maximum atomic E-state index is 5.87. The van der Waals surface area contributed by atoms with Crippen LogP contribution in [0.1, 0.15) is 26.7 Å². The van der Waals surface area contributed by atoms with Crippen molar-refractivity contribution in [2.75, 3.05) is 13.2 Å². The minimum Gasteiger partial charge on any atom is -0.494 e. The van der Waals surface area contributed by atoms with Crippen molar-refractivity contribution in [3.63, 3.8) is 0 Å². The Kier molecular flexibility index (Phi) is 7.19. The predicted molar refractivity (Wildman–Crippen MR) is 111 cm³/mol. The van der Waals surface area contributed by atoms with Crippen LogP contribution in [0.25, 0.3) is 0 Å². The van der Waals surface area contributed by atoms with Crippen LogP contribution >= 0.6 is 0 Å². The van der Waals surface area contributed by atoms with E-state index in [1.54, 1.807) is 0 Å². The molecule has 4 heteroatoms. The van der Waals surface area contributed by atoms with Crippen LogP contribution in [0, 0.1) is 0 Å². The summed E-state index contributed by atoms with van der Waals surface area (Å²) in [6, 6.07) is 22.8. The third-order valence-electron chi connectivity index (χ3n) is 3.89. The van der Waals surface area contributed by atoms with Crippen molar-refractivity contribution in [3.8, 4) is 34.5 Å². The summed E-state index contributed by atoms with van der Waals surface area (Å²) in [5.41, 5.74) is 0. The Balaban J connectivity index is 1.54. The molecular formula is C24H26O4. The van der Waals surface area contributed by atoms with E-state index in [-0.39, 0.29) is 0 Å². The molecule has 0 saturated heterocycles. The second-order valence-corrected chi connectivity index (χ2v) is 6.32. The van der Waals surface area contributed by atoms with Gasteiger partial charge in [-0.3, -0.25) is 0 Å². The zero-order valence-corrected chi connectivity index (χ0v) is 16.4.